The molecule has 0 radical (unpaired) electrons. The molecule has 1 saturated heterocycles. The molecule has 1 heterocycles. The Morgan fingerprint density at radius 3 is 2.58 bits per heavy atom. The third kappa shape index (κ3) is 3.34. The van der Waals surface area contributed by atoms with E-state index in [2.05, 4.69) is 30.0 Å². The lowest BCUT2D eigenvalue weighted by molar-refractivity contribution is 0.256. The molecule has 1 atom stereocenters. The summed E-state index contributed by atoms with van der Waals surface area (Å²) in [4.78, 5) is 2.52. The molecule has 1 fully saturated rings. The lowest BCUT2D eigenvalue weighted by atomic mass is 9.98. The van der Waals surface area contributed by atoms with Crippen molar-refractivity contribution >= 4 is 11.4 Å². The van der Waals surface area contributed by atoms with Gasteiger partial charge >= 0.3 is 0 Å². The van der Waals surface area contributed by atoms with E-state index in [1.165, 1.54) is 37.1 Å². The number of hydrogen-bond acceptors (Lipinski definition) is 4. The molecule has 0 aromatic heterocycles. The smallest absolute Gasteiger partial charge is 0.123 e. The Morgan fingerprint density at radius 1 is 1.12 bits per heavy atom. The highest BCUT2D eigenvalue weighted by atomic mass is 16.5. The predicted molar refractivity (Wildman–Crippen MR) is 100 cm³/mol. The Bertz CT molecular complexity index is 708. The van der Waals surface area contributed by atoms with Crippen LogP contribution in [0.2, 0.25) is 0 Å². The van der Waals surface area contributed by atoms with Gasteiger partial charge in [-0.3, -0.25) is 4.90 Å². The van der Waals surface area contributed by atoms with Crippen LogP contribution in [0.5, 0.6) is 5.75 Å². The van der Waals surface area contributed by atoms with Crippen molar-refractivity contribution in [3.63, 3.8) is 0 Å². The maximum absolute atomic E-state index is 6.10. The van der Waals surface area contributed by atoms with E-state index in [-0.39, 0.29) is 0 Å². The van der Waals surface area contributed by atoms with Crippen molar-refractivity contribution < 1.29 is 4.74 Å². The average molecular weight is 325 g/mol. The van der Waals surface area contributed by atoms with Gasteiger partial charge in [0, 0.05) is 11.6 Å². The molecular formula is C20H27N3O. The zero-order valence-corrected chi connectivity index (χ0v) is 14.6. The second kappa shape index (κ2) is 7.14. The summed E-state index contributed by atoms with van der Waals surface area (Å²) in [5.74, 6) is 0.953. The van der Waals surface area contributed by atoms with Gasteiger partial charge in [-0.2, -0.15) is 0 Å². The van der Waals surface area contributed by atoms with Crippen molar-refractivity contribution in [3.05, 3.63) is 53.1 Å². The first kappa shape index (κ1) is 16.7. The summed E-state index contributed by atoms with van der Waals surface area (Å²) in [6.07, 6.45) is 3.34. The van der Waals surface area contributed by atoms with Gasteiger partial charge in [-0.25, -0.2) is 0 Å². The summed E-state index contributed by atoms with van der Waals surface area (Å²) in [7, 11) is 1.74. The standard InChI is InChI=1S/C20H27N3O/c1-14(23-10-3-4-11-23)17-9-8-15(13-19(17)24-2)12-16-6-5-7-18(21)20(16)22/h5-9,13-14H,3-4,10-12,21-22H2,1-2H3. The van der Waals surface area contributed by atoms with Crippen LogP contribution in [0.15, 0.2) is 36.4 Å². The second-order valence-electron chi connectivity index (χ2n) is 6.59. The molecule has 0 bridgehead atoms. The molecule has 4 N–H and O–H groups in total. The number of nitrogens with zero attached hydrogens (tertiary/aromatic N) is 1. The molecule has 1 aliphatic rings. The number of hydrogen-bond donors (Lipinski definition) is 2. The summed E-state index contributed by atoms with van der Waals surface area (Å²) in [6, 6.07) is 12.7. The van der Waals surface area contributed by atoms with E-state index in [9.17, 15) is 0 Å². The number of anilines is 2. The molecular weight excluding hydrogens is 298 g/mol. The Morgan fingerprint density at radius 2 is 1.88 bits per heavy atom. The van der Waals surface area contributed by atoms with Gasteiger partial charge < -0.3 is 16.2 Å². The minimum Gasteiger partial charge on any atom is -0.496 e. The van der Waals surface area contributed by atoms with Gasteiger partial charge in [0.2, 0.25) is 0 Å². The molecule has 4 nitrogen and oxygen atoms in total. The molecule has 24 heavy (non-hydrogen) atoms. The van der Waals surface area contributed by atoms with Gasteiger partial charge in [-0.1, -0.05) is 24.3 Å². The summed E-state index contributed by atoms with van der Waals surface area (Å²) in [5.41, 5.74) is 16.8. The Labute approximate surface area is 144 Å². The van der Waals surface area contributed by atoms with E-state index in [0.717, 1.165) is 17.7 Å². The van der Waals surface area contributed by atoms with Crippen LogP contribution in [0.1, 0.15) is 42.5 Å². The van der Waals surface area contributed by atoms with Crippen LogP contribution in [0, 0.1) is 0 Å². The van der Waals surface area contributed by atoms with Crippen LogP contribution < -0.4 is 16.2 Å². The molecule has 2 aromatic rings. The summed E-state index contributed by atoms with van der Waals surface area (Å²) in [6.45, 7) is 4.61. The molecule has 4 heteroatoms. The molecule has 2 aromatic carbocycles. The Balaban J connectivity index is 1.84. The number of likely N-dealkylation sites (tertiary alicyclic amines) is 1. The number of benzene rings is 2. The van der Waals surface area contributed by atoms with Crippen LogP contribution >= 0.6 is 0 Å². The predicted octanol–water partition coefficient (Wildman–Crippen LogP) is 3.61. The quantitative estimate of drug-likeness (QED) is 0.824. The van der Waals surface area contributed by atoms with Crippen molar-refractivity contribution in [2.24, 2.45) is 0 Å². The molecule has 0 aliphatic carbocycles. The van der Waals surface area contributed by atoms with Crippen LogP contribution in [0.25, 0.3) is 0 Å². The zero-order chi connectivity index (χ0) is 17.1. The minimum absolute atomic E-state index is 0.383. The van der Waals surface area contributed by atoms with E-state index in [1.807, 2.05) is 18.2 Å². The average Bonchev–Trinajstić information content (AvgIpc) is 3.13. The van der Waals surface area contributed by atoms with Gasteiger partial charge in [-0.15, -0.1) is 0 Å². The highest BCUT2D eigenvalue weighted by Gasteiger charge is 2.22. The Hall–Kier alpha value is -2.20. The molecule has 1 aliphatic heterocycles. The van der Waals surface area contributed by atoms with Crippen LogP contribution in [0.4, 0.5) is 11.4 Å². The number of nitrogen functional groups attached to an aromatic ring is 2. The molecule has 0 amide bonds. The van der Waals surface area contributed by atoms with E-state index in [1.54, 1.807) is 7.11 Å². The minimum atomic E-state index is 0.383. The number of nitrogens with two attached hydrogens (primary N) is 2. The second-order valence-corrected chi connectivity index (χ2v) is 6.59. The molecule has 3 rings (SSSR count). The SMILES string of the molecule is COc1cc(Cc2cccc(N)c2N)ccc1C(C)N1CCCC1. The van der Waals surface area contributed by atoms with Gasteiger partial charge in [0.25, 0.3) is 0 Å². The van der Waals surface area contributed by atoms with Gasteiger partial charge in [0.15, 0.2) is 0 Å². The molecule has 0 saturated carbocycles. The molecule has 128 valence electrons. The Kier molecular flexibility index (Phi) is 4.95. The fraction of sp³-hybridized carbons (Fsp3) is 0.400. The summed E-state index contributed by atoms with van der Waals surface area (Å²) in [5, 5.41) is 0. The van der Waals surface area contributed by atoms with Gasteiger partial charge in [-0.05, 0) is 62.5 Å². The first-order valence-electron chi connectivity index (χ1n) is 8.64. The lowest BCUT2D eigenvalue weighted by Gasteiger charge is -2.26. The maximum atomic E-state index is 6.10. The summed E-state index contributed by atoms with van der Waals surface area (Å²) >= 11 is 0. The first-order valence-corrected chi connectivity index (χ1v) is 8.64. The van der Waals surface area contributed by atoms with Crippen LogP contribution in [-0.4, -0.2) is 25.1 Å². The fourth-order valence-corrected chi connectivity index (χ4v) is 3.54. The topological polar surface area (TPSA) is 64.5 Å². The van der Waals surface area contributed by atoms with Crippen molar-refractivity contribution in [3.8, 4) is 5.75 Å². The summed E-state index contributed by atoms with van der Waals surface area (Å²) < 4.78 is 5.68. The van der Waals surface area contributed by atoms with Crippen LogP contribution in [0.3, 0.4) is 0 Å². The highest BCUT2D eigenvalue weighted by molar-refractivity contribution is 5.67. The number of para-hydroxylation sites is 1. The van der Waals surface area contributed by atoms with Gasteiger partial charge in [0.05, 0.1) is 18.5 Å². The molecule has 1 unspecified atom stereocenters. The molecule has 0 spiro atoms. The monoisotopic (exact) mass is 325 g/mol. The van der Waals surface area contributed by atoms with E-state index in [0.29, 0.717) is 17.4 Å². The highest BCUT2D eigenvalue weighted by Crippen LogP contribution is 2.33. The normalized spacial score (nSPS) is 16.2. The largest absolute Gasteiger partial charge is 0.496 e. The third-order valence-corrected chi connectivity index (χ3v) is 5.06. The fourth-order valence-electron chi connectivity index (χ4n) is 3.54. The first-order chi connectivity index (χ1) is 11.6. The van der Waals surface area contributed by atoms with Crippen molar-refractivity contribution in [1.82, 2.24) is 4.90 Å². The number of methoxy groups -OCH3 is 1. The van der Waals surface area contributed by atoms with Gasteiger partial charge in [0.1, 0.15) is 5.75 Å². The third-order valence-electron chi connectivity index (χ3n) is 5.06. The van der Waals surface area contributed by atoms with Crippen molar-refractivity contribution in [2.75, 3.05) is 31.7 Å². The van der Waals surface area contributed by atoms with Crippen molar-refractivity contribution in [1.29, 1.82) is 0 Å². The van der Waals surface area contributed by atoms with Crippen molar-refractivity contribution in [2.45, 2.75) is 32.2 Å². The van der Waals surface area contributed by atoms with E-state index >= 15 is 0 Å². The zero-order valence-electron chi connectivity index (χ0n) is 14.6. The van der Waals surface area contributed by atoms with E-state index in [4.69, 9.17) is 16.2 Å². The number of rotatable bonds is 5. The lowest BCUT2D eigenvalue weighted by Crippen LogP contribution is -2.23. The number of ether oxygens (including phenoxy) is 1. The van der Waals surface area contributed by atoms with Crippen LogP contribution in [-0.2, 0) is 6.42 Å². The maximum Gasteiger partial charge on any atom is 0.123 e. The van der Waals surface area contributed by atoms with E-state index < -0.39 is 0 Å².